The molecule has 1 aliphatic rings. The summed E-state index contributed by atoms with van der Waals surface area (Å²) in [5, 5.41) is 26.2. The Hall–Kier alpha value is -0.580. The number of aliphatic hydroxyl groups excluding tert-OH is 3. The van der Waals surface area contributed by atoms with Crippen LogP contribution in [0.15, 0.2) is 11.8 Å². The highest BCUT2D eigenvalue weighted by molar-refractivity contribution is 5.07. The van der Waals surface area contributed by atoms with Crippen molar-refractivity contribution in [1.82, 2.24) is 0 Å². The first-order valence-electron chi connectivity index (χ1n) is 3.05. The maximum atomic E-state index is 8.92. The topological polar surface area (TPSA) is 69.9 Å². The maximum absolute atomic E-state index is 8.92. The molecule has 0 amide bonds. The predicted molar refractivity (Wildman–Crippen MR) is 33.1 cm³/mol. The molecule has 3 N–H and O–H groups in total. The third-order valence-corrected chi connectivity index (χ3v) is 1.28. The molecule has 2 atom stereocenters. The van der Waals surface area contributed by atoms with Crippen molar-refractivity contribution in [2.75, 3.05) is 13.2 Å². The van der Waals surface area contributed by atoms with Gasteiger partial charge in [0.1, 0.15) is 24.6 Å². The number of hydrogen-bond donors (Lipinski definition) is 3. The van der Waals surface area contributed by atoms with Gasteiger partial charge >= 0.3 is 0 Å². The molecule has 4 heteroatoms. The fraction of sp³-hybridized carbons (Fsp3) is 0.667. The average Bonchev–Trinajstić information content (AvgIpc) is 2.34. The van der Waals surface area contributed by atoms with Crippen LogP contribution in [0.1, 0.15) is 0 Å². The zero-order valence-electron chi connectivity index (χ0n) is 5.40. The molecule has 0 spiro atoms. The second-order valence-electron chi connectivity index (χ2n) is 2.15. The largest absolute Gasteiger partial charge is 0.492 e. The van der Waals surface area contributed by atoms with Crippen molar-refractivity contribution in [1.29, 1.82) is 0 Å². The highest BCUT2D eigenvalue weighted by atomic mass is 16.5. The summed E-state index contributed by atoms with van der Waals surface area (Å²) in [7, 11) is 0. The van der Waals surface area contributed by atoms with Gasteiger partial charge in [0.15, 0.2) is 0 Å². The van der Waals surface area contributed by atoms with Crippen molar-refractivity contribution < 1.29 is 20.1 Å². The van der Waals surface area contributed by atoms with Gasteiger partial charge in [0.2, 0.25) is 0 Å². The summed E-state index contributed by atoms with van der Waals surface area (Å²) < 4.78 is 4.82. The lowest BCUT2D eigenvalue weighted by Crippen LogP contribution is -2.15. The Morgan fingerprint density at radius 3 is 2.90 bits per heavy atom. The summed E-state index contributed by atoms with van der Waals surface area (Å²) in [5.74, 6) is 0.259. The van der Waals surface area contributed by atoms with Crippen LogP contribution in [0.5, 0.6) is 0 Å². The van der Waals surface area contributed by atoms with Gasteiger partial charge < -0.3 is 20.1 Å². The Morgan fingerprint density at radius 2 is 2.50 bits per heavy atom. The SMILES string of the molecule is OCC(O)C1=CC(O)CO1. The van der Waals surface area contributed by atoms with Crippen molar-refractivity contribution in [2.24, 2.45) is 0 Å². The molecule has 0 saturated carbocycles. The van der Waals surface area contributed by atoms with Gasteiger partial charge in [-0.1, -0.05) is 0 Å². The summed E-state index contributed by atoms with van der Waals surface area (Å²) in [4.78, 5) is 0. The molecule has 2 unspecified atom stereocenters. The minimum absolute atomic E-state index is 0.173. The van der Waals surface area contributed by atoms with Gasteiger partial charge in [-0.05, 0) is 6.08 Å². The molecule has 1 heterocycles. The molecule has 0 aromatic rings. The van der Waals surface area contributed by atoms with Gasteiger partial charge in [0, 0.05) is 0 Å². The zero-order chi connectivity index (χ0) is 7.56. The van der Waals surface area contributed by atoms with E-state index in [1.54, 1.807) is 0 Å². The van der Waals surface area contributed by atoms with Gasteiger partial charge in [0.25, 0.3) is 0 Å². The molecular formula is C6H10O4. The van der Waals surface area contributed by atoms with Crippen LogP contribution < -0.4 is 0 Å². The van der Waals surface area contributed by atoms with E-state index in [-0.39, 0.29) is 19.0 Å². The smallest absolute Gasteiger partial charge is 0.134 e. The van der Waals surface area contributed by atoms with E-state index >= 15 is 0 Å². The van der Waals surface area contributed by atoms with E-state index in [1.165, 1.54) is 6.08 Å². The van der Waals surface area contributed by atoms with E-state index in [0.717, 1.165) is 0 Å². The highest BCUT2D eigenvalue weighted by Gasteiger charge is 2.19. The first-order valence-corrected chi connectivity index (χ1v) is 3.05. The summed E-state index contributed by atoms with van der Waals surface area (Å²) >= 11 is 0. The lowest BCUT2D eigenvalue weighted by molar-refractivity contribution is 0.0573. The molecule has 0 bridgehead atoms. The van der Waals surface area contributed by atoms with Gasteiger partial charge in [-0.25, -0.2) is 0 Å². The molecule has 0 fully saturated rings. The number of rotatable bonds is 2. The van der Waals surface area contributed by atoms with Crippen LogP contribution >= 0.6 is 0 Å². The predicted octanol–water partition coefficient (Wildman–Crippen LogP) is -1.39. The first kappa shape index (κ1) is 7.53. The summed E-state index contributed by atoms with van der Waals surface area (Å²) in [6.45, 7) is -0.203. The van der Waals surface area contributed by atoms with Crippen molar-refractivity contribution in [3.8, 4) is 0 Å². The van der Waals surface area contributed by atoms with Crippen LogP contribution in [-0.4, -0.2) is 40.7 Å². The molecule has 4 nitrogen and oxygen atoms in total. The standard InChI is InChI=1S/C6H10O4/c7-2-5(9)6-1-4(8)3-10-6/h1,4-5,7-9H,2-3H2. The average molecular weight is 146 g/mol. The molecular weight excluding hydrogens is 136 g/mol. The van der Waals surface area contributed by atoms with Crippen LogP contribution in [0.25, 0.3) is 0 Å². The molecule has 1 rings (SSSR count). The highest BCUT2D eigenvalue weighted by Crippen LogP contribution is 2.13. The van der Waals surface area contributed by atoms with Crippen molar-refractivity contribution in [3.63, 3.8) is 0 Å². The molecule has 58 valence electrons. The monoisotopic (exact) mass is 146 g/mol. The molecule has 0 saturated heterocycles. The van der Waals surface area contributed by atoms with Gasteiger partial charge in [-0.2, -0.15) is 0 Å². The van der Waals surface area contributed by atoms with Gasteiger partial charge in [-0.3, -0.25) is 0 Å². The third kappa shape index (κ3) is 1.47. The third-order valence-electron chi connectivity index (χ3n) is 1.28. The minimum atomic E-state index is -0.989. The minimum Gasteiger partial charge on any atom is -0.492 e. The Kier molecular flexibility index (Phi) is 2.26. The molecule has 0 aromatic heterocycles. The van der Waals surface area contributed by atoms with Crippen molar-refractivity contribution >= 4 is 0 Å². The first-order chi connectivity index (χ1) is 4.74. The van der Waals surface area contributed by atoms with Crippen LogP contribution in [0.4, 0.5) is 0 Å². The Bertz CT molecular complexity index is 143. The summed E-state index contributed by atoms with van der Waals surface area (Å²) in [5.41, 5.74) is 0. The van der Waals surface area contributed by atoms with Crippen LogP contribution in [-0.2, 0) is 4.74 Å². The fourth-order valence-electron chi connectivity index (χ4n) is 0.765. The van der Waals surface area contributed by atoms with E-state index in [2.05, 4.69) is 0 Å². The number of aliphatic hydroxyl groups is 3. The normalized spacial score (nSPS) is 27.5. The van der Waals surface area contributed by atoms with Crippen LogP contribution in [0, 0.1) is 0 Å². The van der Waals surface area contributed by atoms with E-state index in [4.69, 9.17) is 20.1 Å². The Labute approximate surface area is 58.4 Å². The Morgan fingerprint density at radius 1 is 1.80 bits per heavy atom. The molecule has 0 aliphatic carbocycles. The van der Waals surface area contributed by atoms with Crippen LogP contribution in [0.2, 0.25) is 0 Å². The van der Waals surface area contributed by atoms with Crippen molar-refractivity contribution in [2.45, 2.75) is 12.2 Å². The van der Waals surface area contributed by atoms with Crippen molar-refractivity contribution in [3.05, 3.63) is 11.8 Å². The molecule has 0 aromatic carbocycles. The fourth-order valence-corrected chi connectivity index (χ4v) is 0.765. The molecule has 10 heavy (non-hydrogen) atoms. The van der Waals surface area contributed by atoms with Crippen LogP contribution in [0.3, 0.4) is 0 Å². The molecule has 0 radical (unpaired) electrons. The van der Waals surface area contributed by atoms with Gasteiger partial charge in [-0.15, -0.1) is 0 Å². The second kappa shape index (κ2) is 3.01. The maximum Gasteiger partial charge on any atom is 0.134 e. The van der Waals surface area contributed by atoms with E-state index in [9.17, 15) is 0 Å². The lowest BCUT2D eigenvalue weighted by atomic mass is 10.3. The number of hydrogen-bond acceptors (Lipinski definition) is 4. The quantitative estimate of drug-likeness (QED) is 0.449. The Balaban J connectivity index is 2.48. The van der Waals surface area contributed by atoms with E-state index in [1.807, 2.05) is 0 Å². The summed E-state index contributed by atoms with van der Waals surface area (Å²) in [6, 6.07) is 0. The van der Waals surface area contributed by atoms with E-state index in [0.29, 0.717) is 0 Å². The lowest BCUT2D eigenvalue weighted by Gasteiger charge is -2.07. The second-order valence-corrected chi connectivity index (χ2v) is 2.15. The molecule has 1 aliphatic heterocycles. The van der Waals surface area contributed by atoms with Gasteiger partial charge in [0.05, 0.1) is 6.61 Å². The number of ether oxygens (including phenoxy) is 1. The zero-order valence-corrected chi connectivity index (χ0v) is 5.40. The summed E-state index contributed by atoms with van der Waals surface area (Å²) in [6.07, 6.45) is -0.241. The van der Waals surface area contributed by atoms with E-state index < -0.39 is 12.2 Å².